The molecule has 1 saturated heterocycles. The van der Waals surface area contributed by atoms with Gasteiger partial charge in [0.2, 0.25) is 5.91 Å². The fourth-order valence-electron chi connectivity index (χ4n) is 2.32. The summed E-state index contributed by atoms with van der Waals surface area (Å²) < 4.78 is 15.8. The monoisotopic (exact) mass is 330 g/mol. The van der Waals surface area contributed by atoms with Gasteiger partial charge in [-0.05, 0) is 31.4 Å². The number of rotatable bonds is 4. The minimum atomic E-state index is -0.877. The number of ether oxygens (including phenoxy) is 3. The Bertz CT molecular complexity index is 531. The van der Waals surface area contributed by atoms with Crippen LogP contribution in [-0.4, -0.2) is 38.9 Å². The zero-order valence-electron chi connectivity index (χ0n) is 13.1. The number of amides is 1. The SMILES string of the molecule is COc1cc(C)c(NC(=O)C2(N)CCOCC2)cc1OC.Cl. The third-order valence-electron chi connectivity index (χ3n) is 3.82. The average molecular weight is 331 g/mol. The lowest BCUT2D eigenvalue weighted by atomic mass is 9.90. The largest absolute Gasteiger partial charge is 0.493 e. The molecular formula is C15H23ClN2O4. The van der Waals surface area contributed by atoms with Gasteiger partial charge in [0.05, 0.1) is 14.2 Å². The van der Waals surface area contributed by atoms with Gasteiger partial charge in [-0.15, -0.1) is 12.4 Å². The van der Waals surface area contributed by atoms with Crippen molar-refractivity contribution < 1.29 is 19.0 Å². The van der Waals surface area contributed by atoms with Crippen molar-refractivity contribution in [3.8, 4) is 11.5 Å². The second-order valence-corrected chi connectivity index (χ2v) is 5.24. The molecule has 1 heterocycles. The van der Waals surface area contributed by atoms with Crippen molar-refractivity contribution in [2.75, 3.05) is 32.8 Å². The molecule has 0 bridgehead atoms. The summed E-state index contributed by atoms with van der Waals surface area (Å²) in [4.78, 5) is 12.4. The van der Waals surface area contributed by atoms with Gasteiger partial charge in [-0.25, -0.2) is 0 Å². The van der Waals surface area contributed by atoms with Crippen molar-refractivity contribution in [1.29, 1.82) is 0 Å². The number of hydrogen-bond acceptors (Lipinski definition) is 5. The number of benzene rings is 1. The lowest BCUT2D eigenvalue weighted by molar-refractivity contribution is -0.124. The van der Waals surface area contributed by atoms with E-state index in [9.17, 15) is 4.79 Å². The van der Waals surface area contributed by atoms with Gasteiger partial charge < -0.3 is 25.3 Å². The lowest BCUT2D eigenvalue weighted by Crippen LogP contribution is -2.54. The van der Waals surface area contributed by atoms with E-state index in [0.29, 0.717) is 43.2 Å². The highest BCUT2D eigenvalue weighted by Gasteiger charge is 2.36. The van der Waals surface area contributed by atoms with Gasteiger partial charge in [-0.1, -0.05) is 0 Å². The topological polar surface area (TPSA) is 82.8 Å². The summed E-state index contributed by atoms with van der Waals surface area (Å²) in [5.41, 5.74) is 6.86. The number of anilines is 1. The van der Waals surface area contributed by atoms with Crippen LogP contribution >= 0.6 is 12.4 Å². The second kappa shape index (κ2) is 7.67. The normalized spacial score (nSPS) is 16.4. The maximum absolute atomic E-state index is 12.4. The molecule has 1 aliphatic heterocycles. The molecule has 22 heavy (non-hydrogen) atoms. The van der Waals surface area contributed by atoms with Gasteiger partial charge in [-0.2, -0.15) is 0 Å². The van der Waals surface area contributed by atoms with E-state index in [0.717, 1.165) is 5.56 Å². The van der Waals surface area contributed by atoms with Crippen LogP contribution in [0.25, 0.3) is 0 Å². The van der Waals surface area contributed by atoms with Crippen LogP contribution in [0.4, 0.5) is 5.69 Å². The minimum Gasteiger partial charge on any atom is -0.493 e. The number of nitrogens with two attached hydrogens (primary N) is 1. The molecule has 7 heteroatoms. The Balaban J connectivity index is 0.00000242. The lowest BCUT2D eigenvalue weighted by Gasteiger charge is -2.32. The molecule has 1 aliphatic rings. The van der Waals surface area contributed by atoms with E-state index in [2.05, 4.69) is 5.32 Å². The van der Waals surface area contributed by atoms with Crippen molar-refractivity contribution in [2.45, 2.75) is 25.3 Å². The molecule has 0 atom stereocenters. The van der Waals surface area contributed by atoms with Gasteiger partial charge >= 0.3 is 0 Å². The van der Waals surface area contributed by atoms with Gasteiger partial charge in [0, 0.05) is 25.0 Å². The molecule has 2 rings (SSSR count). The minimum absolute atomic E-state index is 0. The number of halogens is 1. The molecule has 0 unspecified atom stereocenters. The molecule has 1 amide bonds. The Morgan fingerprint density at radius 1 is 1.23 bits per heavy atom. The number of aryl methyl sites for hydroxylation is 1. The van der Waals surface area contributed by atoms with Gasteiger partial charge in [-0.3, -0.25) is 4.79 Å². The zero-order chi connectivity index (χ0) is 15.5. The fourth-order valence-corrected chi connectivity index (χ4v) is 2.32. The molecule has 124 valence electrons. The van der Waals surface area contributed by atoms with E-state index < -0.39 is 5.54 Å². The molecule has 0 aromatic heterocycles. The molecule has 1 fully saturated rings. The summed E-state index contributed by atoms with van der Waals surface area (Å²) in [7, 11) is 3.13. The third-order valence-corrected chi connectivity index (χ3v) is 3.82. The Labute approximate surface area is 136 Å². The molecule has 0 radical (unpaired) electrons. The molecule has 3 N–H and O–H groups in total. The molecule has 1 aromatic rings. The zero-order valence-corrected chi connectivity index (χ0v) is 13.9. The highest BCUT2D eigenvalue weighted by molar-refractivity contribution is 5.98. The highest BCUT2D eigenvalue weighted by atomic mass is 35.5. The third kappa shape index (κ3) is 3.82. The first kappa shape index (κ1) is 18.5. The van der Waals surface area contributed by atoms with Crippen LogP contribution in [-0.2, 0) is 9.53 Å². The predicted molar refractivity (Wildman–Crippen MR) is 87.1 cm³/mol. The summed E-state index contributed by atoms with van der Waals surface area (Å²) in [6.45, 7) is 2.91. The van der Waals surface area contributed by atoms with Crippen LogP contribution in [0, 0.1) is 6.92 Å². The predicted octanol–water partition coefficient (Wildman–Crippen LogP) is 1.88. The van der Waals surface area contributed by atoms with Crippen LogP contribution in [0.2, 0.25) is 0 Å². The molecular weight excluding hydrogens is 308 g/mol. The number of nitrogens with one attached hydrogen (secondary N) is 1. The first-order chi connectivity index (χ1) is 10.00. The van der Waals surface area contributed by atoms with Crippen LogP contribution in [0.1, 0.15) is 18.4 Å². The van der Waals surface area contributed by atoms with Crippen molar-refractivity contribution in [1.82, 2.24) is 0 Å². The maximum atomic E-state index is 12.4. The van der Waals surface area contributed by atoms with E-state index in [1.807, 2.05) is 13.0 Å². The number of carbonyl (C=O) groups excluding carboxylic acids is 1. The summed E-state index contributed by atoms with van der Waals surface area (Å²) in [5.74, 6) is 0.999. The van der Waals surface area contributed by atoms with Crippen LogP contribution in [0.15, 0.2) is 12.1 Å². The van der Waals surface area contributed by atoms with Crippen LogP contribution in [0.3, 0.4) is 0 Å². The average Bonchev–Trinajstić information content (AvgIpc) is 2.49. The van der Waals surface area contributed by atoms with Crippen molar-refractivity contribution in [2.24, 2.45) is 5.73 Å². The van der Waals surface area contributed by atoms with Crippen molar-refractivity contribution >= 4 is 24.0 Å². The van der Waals surface area contributed by atoms with Crippen molar-refractivity contribution in [3.63, 3.8) is 0 Å². The van der Waals surface area contributed by atoms with Gasteiger partial charge in [0.1, 0.15) is 5.54 Å². The van der Waals surface area contributed by atoms with Crippen molar-refractivity contribution in [3.05, 3.63) is 17.7 Å². The molecule has 0 saturated carbocycles. The smallest absolute Gasteiger partial charge is 0.244 e. The Morgan fingerprint density at radius 2 is 1.77 bits per heavy atom. The van der Waals surface area contributed by atoms with E-state index in [1.165, 1.54) is 0 Å². The Hall–Kier alpha value is -1.50. The summed E-state index contributed by atoms with van der Waals surface area (Å²) >= 11 is 0. The fraction of sp³-hybridized carbons (Fsp3) is 0.533. The van der Waals surface area contributed by atoms with E-state index in [1.54, 1.807) is 20.3 Å². The van der Waals surface area contributed by atoms with E-state index in [-0.39, 0.29) is 18.3 Å². The first-order valence-corrected chi connectivity index (χ1v) is 6.91. The van der Waals surface area contributed by atoms with E-state index >= 15 is 0 Å². The Kier molecular flexibility index (Phi) is 6.47. The summed E-state index contributed by atoms with van der Waals surface area (Å²) in [6.07, 6.45) is 1.04. The number of methoxy groups -OCH3 is 2. The molecule has 6 nitrogen and oxygen atoms in total. The van der Waals surface area contributed by atoms with Crippen LogP contribution < -0.4 is 20.5 Å². The summed E-state index contributed by atoms with van der Waals surface area (Å²) in [5, 5.41) is 2.89. The molecule has 1 aromatic carbocycles. The van der Waals surface area contributed by atoms with Gasteiger partial charge in [0.25, 0.3) is 0 Å². The Morgan fingerprint density at radius 3 is 2.32 bits per heavy atom. The number of hydrogen-bond donors (Lipinski definition) is 2. The highest BCUT2D eigenvalue weighted by Crippen LogP contribution is 2.33. The number of carbonyl (C=O) groups is 1. The van der Waals surface area contributed by atoms with E-state index in [4.69, 9.17) is 19.9 Å². The maximum Gasteiger partial charge on any atom is 0.244 e. The first-order valence-electron chi connectivity index (χ1n) is 6.91. The molecule has 0 spiro atoms. The summed E-state index contributed by atoms with van der Waals surface area (Å²) in [6, 6.07) is 3.57. The standard InChI is InChI=1S/C15H22N2O4.ClH/c1-10-8-12(19-2)13(20-3)9-11(10)17-14(18)15(16)4-6-21-7-5-15;/h8-9H,4-7,16H2,1-3H3,(H,17,18);1H. The van der Waals surface area contributed by atoms with Crippen LogP contribution in [0.5, 0.6) is 11.5 Å². The van der Waals surface area contributed by atoms with Gasteiger partial charge in [0.15, 0.2) is 11.5 Å². The molecule has 0 aliphatic carbocycles. The quantitative estimate of drug-likeness (QED) is 0.880. The second-order valence-electron chi connectivity index (χ2n) is 5.24.